The second-order valence-corrected chi connectivity index (χ2v) is 7.31. The molecule has 1 heterocycles. The summed E-state index contributed by atoms with van der Waals surface area (Å²) in [5.74, 6) is -0.241. The van der Waals surface area contributed by atoms with Gasteiger partial charge in [-0.1, -0.05) is 13.8 Å². The zero-order valence-corrected chi connectivity index (χ0v) is 17.4. The summed E-state index contributed by atoms with van der Waals surface area (Å²) >= 11 is 0. The number of benzene rings is 1. The van der Waals surface area contributed by atoms with E-state index in [1.165, 1.54) is 24.4 Å². The lowest BCUT2D eigenvalue weighted by Gasteiger charge is -2.18. The molecule has 1 atom stereocenters. The summed E-state index contributed by atoms with van der Waals surface area (Å²) < 4.78 is 83.4. The van der Waals surface area contributed by atoms with Gasteiger partial charge in [0.15, 0.2) is 0 Å². The molecule has 1 aromatic carbocycles. The summed E-state index contributed by atoms with van der Waals surface area (Å²) in [5, 5.41) is 1.33. The van der Waals surface area contributed by atoms with Crippen LogP contribution < -0.4 is 16.3 Å². The van der Waals surface area contributed by atoms with Gasteiger partial charge in [0.25, 0.3) is 0 Å². The molecule has 1 amide bonds. The number of ether oxygens (including phenoxy) is 1. The number of amides is 1. The monoisotopic (exact) mass is 467 g/mol. The molecular formula is C19H23F6N5O2. The Balaban J connectivity index is 2.07. The molecule has 2 rings (SSSR count). The van der Waals surface area contributed by atoms with E-state index >= 15 is 0 Å². The molecule has 3 N–H and O–H groups in total. The molecule has 0 saturated carbocycles. The standard InChI is InChI=1S/C19H23F6N5O2/c1-11(2)6-15(31)27-28-16(32-3)4-5-30-10-26-17(29-30)12-7-13(18(20,21)22)9-14(8-12)19(23,24)25/h4-5,7-9,11,16,28H,6,10H2,1-3H3,(H,26,29)(H,27,31)/b5-4-. The molecule has 0 fully saturated rings. The Labute approximate surface area is 180 Å². The lowest BCUT2D eigenvalue weighted by molar-refractivity contribution is -0.143. The Hall–Kier alpha value is -2.80. The molecule has 1 aliphatic rings. The highest BCUT2D eigenvalue weighted by atomic mass is 19.4. The third-order valence-corrected chi connectivity index (χ3v) is 4.13. The highest BCUT2D eigenvalue weighted by Gasteiger charge is 2.37. The van der Waals surface area contributed by atoms with Gasteiger partial charge in [-0.25, -0.2) is 10.4 Å². The lowest BCUT2D eigenvalue weighted by atomic mass is 10.0. The number of methoxy groups -OCH3 is 1. The van der Waals surface area contributed by atoms with Crippen molar-refractivity contribution in [3.63, 3.8) is 0 Å². The van der Waals surface area contributed by atoms with Crippen LogP contribution in [0.1, 0.15) is 37.0 Å². The van der Waals surface area contributed by atoms with Gasteiger partial charge in [0, 0.05) is 25.3 Å². The molecule has 0 aliphatic carbocycles. The Morgan fingerprint density at radius 2 is 1.78 bits per heavy atom. The van der Waals surface area contributed by atoms with Crippen molar-refractivity contribution in [2.24, 2.45) is 10.9 Å². The number of hydrogen-bond donors (Lipinski definition) is 3. The number of carbonyl (C=O) groups is 1. The van der Waals surface area contributed by atoms with E-state index in [0.29, 0.717) is 18.6 Å². The van der Waals surface area contributed by atoms with Crippen LogP contribution in [0.3, 0.4) is 0 Å². The third-order valence-electron chi connectivity index (χ3n) is 4.13. The summed E-state index contributed by atoms with van der Waals surface area (Å²) in [4.78, 5) is 15.6. The van der Waals surface area contributed by atoms with Gasteiger partial charge in [-0.15, -0.1) is 0 Å². The van der Waals surface area contributed by atoms with Crippen molar-refractivity contribution in [2.45, 2.75) is 38.8 Å². The zero-order valence-electron chi connectivity index (χ0n) is 17.4. The van der Waals surface area contributed by atoms with Gasteiger partial charge in [0.1, 0.15) is 18.7 Å². The topological polar surface area (TPSA) is 78.0 Å². The molecule has 0 bridgehead atoms. The molecule has 13 heteroatoms. The van der Waals surface area contributed by atoms with Crippen LogP contribution in [0.2, 0.25) is 0 Å². The van der Waals surface area contributed by atoms with Crippen LogP contribution in [0.4, 0.5) is 26.3 Å². The molecule has 0 saturated heterocycles. The van der Waals surface area contributed by atoms with Gasteiger partial charge in [0.05, 0.1) is 11.1 Å². The number of hydrazine groups is 2. The molecule has 7 nitrogen and oxygen atoms in total. The van der Waals surface area contributed by atoms with E-state index in [-0.39, 0.29) is 36.0 Å². The van der Waals surface area contributed by atoms with Gasteiger partial charge < -0.3 is 4.74 Å². The molecule has 178 valence electrons. The van der Waals surface area contributed by atoms with Gasteiger partial charge in [-0.05, 0) is 30.2 Å². The SMILES string of the molecule is COC(/C=C\N1CN=C(c2cc(C(F)(F)F)cc(C(F)(F)F)c2)N1)NNC(=O)CC(C)C. The Morgan fingerprint density at radius 3 is 2.28 bits per heavy atom. The molecule has 0 spiro atoms. The normalized spacial score (nSPS) is 15.8. The van der Waals surface area contributed by atoms with Crippen molar-refractivity contribution in [1.29, 1.82) is 0 Å². The fraction of sp³-hybridized carbons (Fsp3) is 0.474. The predicted octanol–water partition coefficient (Wildman–Crippen LogP) is 3.40. The molecule has 1 unspecified atom stereocenters. The van der Waals surface area contributed by atoms with E-state index in [2.05, 4.69) is 21.3 Å². The molecule has 32 heavy (non-hydrogen) atoms. The first kappa shape index (κ1) is 25.5. The van der Waals surface area contributed by atoms with Crippen LogP contribution in [0.15, 0.2) is 35.5 Å². The first-order valence-electron chi connectivity index (χ1n) is 9.42. The fourth-order valence-corrected chi connectivity index (χ4v) is 2.63. The zero-order chi connectivity index (χ0) is 24.1. The Morgan fingerprint density at radius 1 is 1.19 bits per heavy atom. The first-order chi connectivity index (χ1) is 14.8. The van der Waals surface area contributed by atoms with Gasteiger partial charge in [-0.3, -0.25) is 20.7 Å². The third kappa shape index (κ3) is 7.41. The van der Waals surface area contributed by atoms with Gasteiger partial charge in [0.2, 0.25) is 5.91 Å². The Bertz CT molecular complexity index is 834. The summed E-state index contributed by atoms with van der Waals surface area (Å²) in [6.07, 6.45) is -7.46. The number of carbonyl (C=O) groups excluding carboxylic acids is 1. The number of rotatable bonds is 8. The summed E-state index contributed by atoms with van der Waals surface area (Å²) in [7, 11) is 1.37. The van der Waals surface area contributed by atoms with Crippen LogP contribution in [0, 0.1) is 5.92 Å². The van der Waals surface area contributed by atoms with Crippen LogP contribution in [0.25, 0.3) is 0 Å². The number of amidine groups is 1. The summed E-state index contributed by atoms with van der Waals surface area (Å²) in [5.41, 5.74) is 4.52. The number of alkyl halides is 6. The van der Waals surface area contributed by atoms with E-state index in [9.17, 15) is 31.1 Å². The maximum atomic E-state index is 13.0. The van der Waals surface area contributed by atoms with E-state index in [1.807, 2.05) is 13.8 Å². The minimum atomic E-state index is -4.95. The lowest BCUT2D eigenvalue weighted by Crippen LogP contribution is -2.45. The van der Waals surface area contributed by atoms with Gasteiger partial charge in [-0.2, -0.15) is 26.3 Å². The van der Waals surface area contributed by atoms with E-state index < -0.39 is 29.7 Å². The quantitative estimate of drug-likeness (QED) is 0.310. The fourth-order valence-electron chi connectivity index (χ4n) is 2.63. The highest BCUT2D eigenvalue weighted by molar-refractivity contribution is 5.99. The van der Waals surface area contributed by atoms with Crippen molar-refractivity contribution < 1.29 is 35.9 Å². The molecule has 1 aliphatic heterocycles. The first-order valence-corrected chi connectivity index (χ1v) is 9.42. The minimum absolute atomic E-state index is 0.0547. The molecular weight excluding hydrogens is 444 g/mol. The van der Waals surface area contributed by atoms with Gasteiger partial charge >= 0.3 is 12.4 Å². The van der Waals surface area contributed by atoms with Crippen LogP contribution in [-0.4, -0.2) is 36.8 Å². The predicted molar refractivity (Wildman–Crippen MR) is 103 cm³/mol. The highest BCUT2D eigenvalue weighted by Crippen LogP contribution is 2.36. The number of halogens is 6. The van der Waals surface area contributed by atoms with Crippen molar-refractivity contribution >= 4 is 11.7 Å². The average molecular weight is 467 g/mol. The van der Waals surface area contributed by atoms with Crippen molar-refractivity contribution in [3.05, 3.63) is 47.2 Å². The maximum absolute atomic E-state index is 13.0. The smallest absolute Gasteiger partial charge is 0.361 e. The van der Waals surface area contributed by atoms with E-state index in [0.717, 1.165) is 0 Å². The number of nitrogens with one attached hydrogen (secondary N) is 3. The van der Waals surface area contributed by atoms with Crippen LogP contribution in [-0.2, 0) is 21.9 Å². The summed E-state index contributed by atoms with van der Waals surface area (Å²) in [6, 6.07) is 1.25. The maximum Gasteiger partial charge on any atom is 0.416 e. The number of aliphatic imine (C=N–C) groups is 1. The van der Waals surface area contributed by atoms with Crippen molar-refractivity contribution in [1.82, 2.24) is 21.3 Å². The molecule has 1 aromatic rings. The second kappa shape index (κ2) is 10.2. The van der Waals surface area contributed by atoms with E-state index in [1.54, 1.807) is 0 Å². The molecule has 0 aromatic heterocycles. The average Bonchev–Trinajstić information content (AvgIpc) is 3.15. The second-order valence-electron chi connectivity index (χ2n) is 7.31. The van der Waals surface area contributed by atoms with Crippen LogP contribution in [0.5, 0.6) is 0 Å². The minimum Gasteiger partial charge on any atom is -0.361 e. The van der Waals surface area contributed by atoms with Crippen molar-refractivity contribution in [2.75, 3.05) is 13.8 Å². The van der Waals surface area contributed by atoms with Crippen LogP contribution >= 0.6 is 0 Å². The number of nitrogens with zero attached hydrogens (tertiary/aromatic N) is 2. The largest absolute Gasteiger partial charge is 0.416 e. The molecule has 0 radical (unpaired) electrons. The van der Waals surface area contributed by atoms with E-state index in [4.69, 9.17) is 4.74 Å². The van der Waals surface area contributed by atoms with Crippen molar-refractivity contribution in [3.8, 4) is 0 Å². The summed E-state index contributed by atoms with van der Waals surface area (Å²) in [6.45, 7) is 3.69. The Kier molecular flexibility index (Phi) is 8.13. The number of hydrogen-bond acceptors (Lipinski definition) is 6.